The van der Waals surface area contributed by atoms with Gasteiger partial charge in [0.25, 0.3) is 5.82 Å². The van der Waals surface area contributed by atoms with Crippen LogP contribution in [0.4, 0.5) is 0 Å². The lowest BCUT2D eigenvalue weighted by molar-refractivity contribution is -0.597. The molecular weight excluding hydrogens is 338 g/mol. The van der Waals surface area contributed by atoms with E-state index in [-0.39, 0.29) is 0 Å². The molecule has 7 heteroatoms. The van der Waals surface area contributed by atoms with Crippen LogP contribution in [-0.2, 0) is 0 Å². The standard InChI is InChI=1S/C20H13N7/c1-3-21-14-2-6-27(11-12(1)14)19-9-16-17(25-19)7-13(10-24-16)15-8-18-20(26-15)23-5-4-22-18/h1-11H,(H2,22,23,24,25,26)/p+1. The summed E-state index contributed by atoms with van der Waals surface area (Å²) in [5.74, 6) is 0.970. The van der Waals surface area contributed by atoms with E-state index in [0.29, 0.717) is 0 Å². The predicted octanol–water partition coefficient (Wildman–Crippen LogP) is 3.26. The zero-order valence-corrected chi connectivity index (χ0v) is 14.1. The molecule has 0 radical (unpaired) electrons. The smallest absolute Gasteiger partial charge is 0.286 e. The number of aromatic amines is 3. The van der Waals surface area contributed by atoms with Crippen molar-refractivity contribution in [1.82, 2.24) is 29.9 Å². The number of nitrogens with one attached hydrogen (secondary N) is 3. The molecule has 0 aliphatic rings. The van der Waals surface area contributed by atoms with Gasteiger partial charge in [0.2, 0.25) is 0 Å². The molecule has 6 aromatic rings. The summed E-state index contributed by atoms with van der Waals surface area (Å²) in [5, 5.41) is 1.16. The van der Waals surface area contributed by atoms with E-state index in [0.717, 1.165) is 50.2 Å². The van der Waals surface area contributed by atoms with Crippen molar-refractivity contribution in [3.63, 3.8) is 0 Å². The molecule has 0 unspecified atom stereocenters. The largest absolute Gasteiger partial charge is 0.361 e. The Kier molecular flexibility index (Phi) is 2.76. The first-order valence-corrected chi connectivity index (χ1v) is 8.61. The van der Waals surface area contributed by atoms with E-state index in [1.54, 1.807) is 12.4 Å². The van der Waals surface area contributed by atoms with Crippen molar-refractivity contribution in [2.75, 3.05) is 0 Å². The third-order valence-electron chi connectivity index (χ3n) is 4.80. The highest BCUT2D eigenvalue weighted by atomic mass is 15.0. The van der Waals surface area contributed by atoms with Crippen molar-refractivity contribution >= 4 is 33.1 Å². The average molecular weight is 352 g/mol. The van der Waals surface area contributed by atoms with Crippen molar-refractivity contribution in [1.29, 1.82) is 0 Å². The minimum Gasteiger partial charge on any atom is -0.361 e. The first-order chi connectivity index (χ1) is 13.3. The Hall–Kier alpha value is -4.00. The van der Waals surface area contributed by atoms with Crippen molar-refractivity contribution in [2.24, 2.45) is 0 Å². The summed E-state index contributed by atoms with van der Waals surface area (Å²) in [6.07, 6.45) is 11.3. The number of fused-ring (bicyclic) bond motifs is 3. The van der Waals surface area contributed by atoms with Crippen LogP contribution in [0.15, 0.2) is 67.5 Å². The molecule has 0 saturated carbocycles. The maximum Gasteiger partial charge on any atom is 0.286 e. The van der Waals surface area contributed by atoms with Gasteiger partial charge < -0.3 is 9.97 Å². The van der Waals surface area contributed by atoms with E-state index in [1.807, 2.05) is 30.7 Å². The first-order valence-electron chi connectivity index (χ1n) is 8.61. The topological polar surface area (TPSA) is 89.9 Å². The van der Waals surface area contributed by atoms with Crippen molar-refractivity contribution in [3.8, 4) is 17.1 Å². The number of nitrogens with zero attached hydrogens (tertiary/aromatic N) is 4. The van der Waals surface area contributed by atoms with Crippen molar-refractivity contribution in [3.05, 3.63) is 67.5 Å². The fraction of sp³-hybridized carbons (Fsp3) is 0. The normalized spacial score (nSPS) is 11.7. The van der Waals surface area contributed by atoms with Crippen molar-refractivity contribution < 1.29 is 4.57 Å². The molecule has 0 amide bonds. The molecule has 0 aliphatic carbocycles. The van der Waals surface area contributed by atoms with Crippen LogP contribution in [0.1, 0.15) is 0 Å². The Bertz CT molecular complexity index is 1400. The van der Waals surface area contributed by atoms with E-state index >= 15 is 0 Å². The maximum absolute atomic E-state index is 4.61. The minimum absolute atomic E-state index is 0.773. The Morgan fingerprint density at radius 1 is 0.852 bits per heavy atom. The summed E-state index contributed by atoms with van der Waals surface area (Å²) < 4.78 is 2.06. The lowest BCUT2D eigenvalue weighted by Gasteiger charge is -1.95. The molecule has 27 heavy (non-hydrogen) atoms. The van der Waals surface area contributed by atoms with Crippen LogP contribution in [0.2, 0.25) is 0 Å². The zero-order chi connectivity index (χ0) is 17.8. The van der Waals surface area contributed by atoms with Crippen LogP contribution in [0.3, 0.4) is 0 Å². The molecule has 0 bridgehead atoms. The van der Waals surface area contributed by atoms with Gasteiger partial charge in [-0.25, -0.2) is 14.5 Å². The fourth-order valence-electron chi connectivity index (χ4n) is 3.44. The molecule has 0 spiro atoms. The number of hydrogen-bond acceptors (Lipinski definition) is 3. The van der Waals surface area contributed by atoms with Gasteiger partial charge in [0.15, 0.2) is 11.2 Å². The number of H-pyrrole nitrogens is 3. The van der Waals surface area contributed by atoms with E-state index in [4.69, 9.17) is 0 Å². The second-order valence-electron chi connectivity index (χ2n) is 6.48. The molecule has 6 rings (SSSR count). The monoisotopic (exact) mass is 352 g/mol. The highest BCUT2D eigenvalue weighted by Crippen LogP contribution is 2.24. The number of hydrogen-bond donors (Lipinski definition) is 3. The molecule has 0 saturated heterocycles. The van der Waals surface area contributed by atoms with Gasteiger partial charge in [0, 0.05) is 41.8 Å². The van der Waals surface area contributed by atoms with Crippen LogP contribution in [0, 0.1) is 0 Å². The van der Waals surface area contributed by atoms with Crippen LogP contribution < -0.4 is 4.57 Å². The summed E-state index contributed by atoms with van der Waals surface area (Å²) >= 11 is 0. The SMILES string of the molecule is c1cnc2[nH]c(-c3cnc4cc(-[n+]5ccc6[nH]ccc6c5)[nH]c4c3)cc2n1. The van der Waals surface area contributed by atoms with Gasteiger partial charge in [-0.3, -0.25) is 9.97 Å². The molecule has 6 aromatic heterocycles. The second-order valence-corrected chi connectivity index (χ2v) is 6.48. The zero-order valence-electron chi connectivity index (χ0n) is 14.1. The van der Waals surface area contributed by atoms with Crippen LogP contribution in [0.25, 0.3) is 50.2 Å². The third kappa shape index (κ3) is 2.22. The summed E-state index contributed by atoms with van der Waals surface area (Å²) in [4.78, 5) is 23.2. The van der Waals surface area contributed by atoms with Gasteiger partial charge in [0.1, 0.15) is 17.2 Å². The van der Waals surface area contributed by atoms with Gasteiger partial charge in [-0.15, -0.1) is 0 Å². The molecule has 0 fully saturated rings. The van der Waals surface area contributed by atoms with Gasteiger partial charge in [-0.1, -0.05) is 0 Å². The Morgan fingerprint density at radius 2 is 1.81 bits per heavy atom. The molecule has 3 N–H and O–H groups in total. The Morgan fingerprint density at radius 3 is 2.78 bits per heavy atom. The predicted molar refractivity (Wildman–Crippen MR) is 102 cm³/mol. The number of rotatable bonds is 2. The van der Waals surface area contributed by atoms with Crippen molar-refractivity contribution in [2.45, 2.75) is 0 Å². The summed E-state index contributed by atoms with van der Waals surface area (Å²) in [6.45, 7) is 0. The average Bonchev–Trinajstić information content (AvgIpc) is 3.42. The molecule has 0 atom stereocenters. The van der Waals surface area contributed by atoms with Crippen LogP contribution in [-0.4, -0.2) is 29.9 Å². The summed E-state index contributed by atoms with van der Waals surface area (Å²) in [5.41, 5.74) is 6.56. The Labute approximate surface area is 152 Å². The van der Waals surface area contributed by atoms with E-state index in [2.05, 4.69) is 58.9 Å². The second kappa shape index (κ2) is 5.25. The molecule has 128 valence electrons. The summed E-state index contributed by atoms with van der Waals surface area (Å²) in [6, 6.07) is 10.2. The molecule has 0 aliphatic heterocycles. The third-order valence-corrected chi connectivity index (χ3v) is 4.80. The lowest BCUT2D eigenvalue weighted by atomic mass is 10.2. The first kappa shape index (κ1) is 14.2. The maximum atomic E-state index is 4.61. The quantitative estimate of drug-likeness (QED) is 0.418. The van der Waals surface area contributed by atoms with Gasteiger partial charge in [-0.2, -0.15) is 0 Å². The molecular formula is C20H14N7+. The molecule has 6 heterocycles. The Balaban J connectivity index is 1.46. The number of pyridine rings is 2. The van der Waals surface area contributed by atoms with Gasteiger partial charge in [0.05, 0.1) is 23.5 Å². The van der Waals surface area contributed by atoms with Crippen LogP contribution >= 0.6 is 0 Å². The van der Waals surface area contributed by atoms with Gasteiger partial charge >= 0.3 is 0 Å². The minimum atomic E-state index is 0.773. The van der Waals surface area contributed by atoms with Gasteiger partial charge in [-0.05, 0) is 18.2 Å². The van der Waals surface area contributed by atoms with Crippen LogP contribution in [0.5, 0.6) is 0 Å². The highest BCUT2D eigenvalue weighted by molar-refractivity contribution is 5.85. The molecule has 0 aromatic carbocycles. The fourth-order valence-corrected chi connectivity index (χ4v) is 3.44. The summed E-state index contributed by atoms with van der Waals surface area (Å²) in [7, 11) is 0. The van der Waals surface area contributed by atoms with E-state index in [9.17, 15) is 0 Å². The van der Waals surface area contributed by atoms with E-state index in [1.165, 1.54) is 0 Å². The lowest BCUT2D eigenvalue weighted by Crippen LogP contribution is -2.29. The number of aromatic nitrogens is 7. The molecule has 7 nitrogen and oxygen atoms in total. The highest BCUT2D eigenvalue weighted by Gasteiger charge is 2.14. The van der Waals surface area contributed by atoms with E-state index < -0.39 is 0 Å².